The molecule has 0 saturated carbocycles. The van der Waals surface area contributed by atoms with Crippen molar-refractivity contribution in [1.82, 2.24) is 25.1 Å². The van der Waals surface area contributed by atoms with Gasteiger partial charge in [-0.15, -0.1) is 0 Å². The molecular weight excluding hydrogens is 390 g/mol. The first-order valence-corrected chi connectivity index (χ1v) is 6.00. The molecule has 1 radical (unpaired) electrons. The largest absolute Gasteiger partial charge is 0.258 e. The molecule has 0 bridgehead atoms. The fourth-order valence-corrected chi connectivity index (χ4v) is 1.92. The molecule has 3 aromatic rings. The van der Waals surface area contributed by atoms with Crippen LogP contribution in [0.4, 0.5) is 0 Å². The number of aromatic amines is 1. The SMILES string of the molecule is Cc1ccnc(-c2cc(C)cc(-c3ncn[nH]3)n2)c1.[Eu]. The van der Waals surface area contributed by atoms with Gasteiger partial charge in [0.15, 0.2) is 5.82 Å². The van der Waals surface area contributed by atoms with Crippen molar-refractivity contribution in [3.05, 3.63) is 47.9 Å². The molecular formula is C14H13EuN5. The second kappa shape index (κ2) is 6.65. The summed E-state index contributed by atoms with van der Waals surface area (Å²) in [6, 6.07) is 7.98. The fourth-order valence-electron chi connectivity index (χ4n) is 1.92. The molecule has 0 aromatic carbocycles. The van der Waals surface area contributed by atoms with Gasteiger partial charge in [0, 0.05) is 55.6 Å². The van der Waals surface area contributed by atoms with Crippen LogP contribution in [-0.4, -0.2) is 25.1 Å². The van der Waals surface area contributed by atoms with Crippen LogP contribution in [0.25, 0.3) is 22.9 Å². The van der Waals surface area contributed by atoms with Crippen molar-refractivity contribution in [3.63, 3.8) is 0 Å². The minimum atomic E-state index is 0. The summed E-state index contributed by atoms with van der Waals surface area (Å²) in [5.41, 5.74) is 4.75. The average molecular weight is 403 g/mol. The van der Waals surface area contributed by atoms with E-state index in [1.807, 2.05) is 38.1 Å². The summed E-state index contributed by atoms with van der Waals surface area (Å²) in [6.45, 7) is 4.07. The fraction of sp³-hybridized carbons (Fsp3) is 0.143. The van der Waals surface area contributed by atoms with E-state index in [0.717, 1.165) is 28.2 Å². The molecule has 0 fully saturated rings. The van der Waals surface area contributed by atoms with Crippen LogP contribution in [0.5, 0.6) is 0 Å². The molecule has 1 N–H and O–H groups in total. The second-order valence-corrected chi connectivity index (χ2v) is 4.47. The number of nitrogens with zero attached hydrogens (tertiary/aromatic N) is 4. The molecule has 101 valence electrons. The zero-order valence-corrected chi connectivity index (χ0v) is 13.6. The minimum Gasteiger partial charge on any atom is -0.258 e. The Morgan fingerprint density at radius 2 is 1.65 bits per heavy atom. The van der Waals surface area contributed by atoms with Crippen LogP contribution in [0.15, 0.2) is 36.8 Å². The molecule has 0 aliphatic rings. The summed E-state index contributed by atoms with van der Waals surface area (Å²) in [4.78, 5) is 13.1. The first-order chi connectivity index (χ1) is 9.22. The Hall–Kier alpha value is -0.976. The van der Waals surface area contributed by atoms with Gasteiger partial charge in [-0.25, -0.2) is 9.97 Å². The number of nitrogens with one attached hydrogen (secondary N) is 1. The molecule has 3 rings (SSSR count). The third kappa shape index (κ3) is 3.37. The number of H-pyrrole nitrogens is 1. The van der Waals surface area contributed by atoms with Gasteiger partial charge in [0.2, 0.25) is 0 Å². The molecule has 0 aliphatic carbocycles. The van der Waals surface area contributed by atoms with Crippen molar-refractivity contribution in [2.45, 2.75) is 13.8 Å². The van der Waals surface area contributed by atoms with Gasteiger partial charge in [-0.1, -0.05) is 0 Å². The van der Waals surface area contributed by atoms with E-state index in [-0.39, 0.29) is 49.4 Å². The number of pyridine rings is 2. The predicted molar refractivity (Wildman–Crippen MR) is 72.3 cm³/mol. The summed E-state index contributed by atoms with van der Waals surface area (Å²) < 4.78 is 0. The third-order valence-corrected chi connectivity index (χ3v) is 2.81. The van der Waals surface area contributed by atoms with E-state index in [1.54, 1.807) is 6.20 Å². The first kappa shape index (κ1) is 15.4. The Morgan fingerprint density at radius 1 is 0.900 bits per heavy atom. The summed E-state index contributed by atoms with van der Waals surface area (Å²) >= 11 is 0. The van der Waals surface area contributed by atoms with Crippen molar-refractivity contribution in [2.24, 2.45) is 0 Å². The summed E-state index contributed by atoms with van der Waals surface area (Å²) in [5.74, 6) is 0.664. The van der Waals surface area contributed by atoms with Crippen molar-refractivity contribution in [2.75, 3.05) is 0 Å². The van der Waals surface area contributed by atoms with Crippen LogP contribution in [0, 0.1) is 63.2 Å². The molecule has 3 heterocycles. The first-order valence-electron chi connectivity index (χ1n) is 6.00. The van der Waals surface area contributed by atoms with E-state index in [1.165, 1.54) is 6.33 Å². The predicted octanol–water partition coefficient (Wildman–Crippen LogP) is 2.55. The van der Waals surface area contributed by atoms with Gasteiger partial charge < -0.3 is 0 Å². The van der Waals surface area contributed by atoms with Crippen molar-refractivity contribution in [1.29, 1.82) is 0 Å². The normalized spacial score (nSPS) is 10.1. The van der Waals surface area contributed by atoms with Gasteiger partial charge in [-0.3, -0.25) is 10.1 Å². The van der Waals surface area contributed by atoms with Crippen LogP contribution < -0.4 is 0 Å². The van der Waals surface area contributed by atoms with Gasteiger partial charge in [0.05, 0.1) is 11.4 Å². The number of hydrogen-bond donors (Lipinski definition) is 1. The Kier molecular flexibility index (Phi) is 5.13. The van der Waals surface area contributed by atoms with Crippen LogP contribution in [0.1, 0.15) is 11.1 Å². The average Bonchev–Trinajstić information content (AvgIpc) is 2.92. The quantitative estimate of drug-likeness (QED) is 0.714. The standard InChI is InChI=1S/C14H13N5.Eu/c1-9-3-4-15-11(5-9)12-6-10(2)7-13(18-12)14-16-8-17-19-14;/h3-8H,1-2H3,(H,16,17,19);. The molecule has 0 amide bonds. The van der Waals surface area contributed by atoms with E-state index < -0.39 is 0 Å². The van der Waals surface area contributed by atoms with Crippen LogP contribution >= 0.6 is 0 Å². The maximum atomic E-state index is 4.59. The van der Waals surface area contributed by atoms with Crippen LogP contribution in [0.2, 0.25) is 0 Å². The number of hydrogen-bond acceptors (Lipinski definition) is 4. The van der Waals surface area contributed by atoms with E-state index in [4.69, 9.17) is 0 Å². The Labute approximate surface area is 157 Å². The van der Waals surface area contributed by atoms with Gasteiger partial charge in [-0.2, -0.15) is 5.10 Å². The molecule has 0 atom stereocenters. The van der Waals surface area contributed by atoms with Gasteiger partial charge in [0.1, 0.15) is 12.0 Å². The van der Waals surface area contributed by atoms with E-state index >= 15 is 0 Å². The molecule has 0 aliphatic heterocycles. The number of aromatic nitrogens is 5. The maximum Gasteiger partial charge on any atom is 0.174 e. The third-order valence-electron chi connectivity index (χ3n) is 2.81. The van der Waals surface area contributed by atoms with E-state index in [0.29, 0.717) is 5.82 Å². The van der Waals surface area contributed by atoms with Crippen molar-refractivity contribution < 1.29 is 49.4 Å². The molecule has 0 saturated heterocycles. The molecule has 6 heteroatoms. The molecule has 0 unspecified atom stereocenters. The molecule has 0 spiro atoms. The van der Waals surface area contributed by atoms with Crippen molar-refractivity contribution in [3.8, 4) is 22.9 Å². The summed E-state index contributed by atoms with van der Waals surface area (Å²) in [7, 11) is 0. The topological polar surface area (TPSA) is 67.3 Å². The van der Waals surface area contributed by atoms with Crippen LogP contribution in [0.3, 0.4) is 0 Å². The zero-order valence-electron chi connectivity index (χ0n) is 11.1. The summed E-state index contributed by atoms with van der Waals surface area (Å²) in [5, 5.41) is 6.68. The molecule has 20 heavy (non-hydrogen) atoms. The molecule has 5 nitrogen and oxygen atoms in total. The van der Waals surface area contributed by atoms with Gasteiger partial charge in [0.25, 0.3) is 0 Å². The molecule has 3 aromatic heterocycles. The van der Waals surface area contributed by atoms with E-state index in [2.05, 4.69) is 25.1 Å². The number of aryl methyl sites for hydroxylation is 2. The van der Waals surface area contributed by atoms with E-state index in [9.17, 15) is 0 Å². The second-order valence-electron chi connectivity index (χ2n) is 4.47. The number of rotatable bonds is 2. The zero-order chi connectivity index (χ0) is 13.2. The maximum absolute atomic E-state index is 4.59. The minimum absolute atomic E-state index is 0. The van der Waals surface area contributed by atoms with Crippen LogP contribution in [-0.2, 0) is 0 Å². The smallest absolute Gasteiger partial charge is 0.174 e. The monoisotopic (exact) mass is 404 g/mol. The van der Waals surface area contributed by atoms with Crippen molar-refractivity contribution >= 4 is 0 Å². The summed E-state index contributed by atoms with van der Waals surface area (Å²) in [6.07, 6.45) is 3.27. The Balaban J connectivity index is 0.00000147. The van der Waals surface area contributed by atoms with Gasteiger partial charge in [-0.05, 0) is 49.2 Å². The Bertz CT molecular complexity index is 709. The Morgan fingerprint density at radius 3 is 2.35 bits per heavy atom. The van der Waals surface area contributed by atoms with Gasteiger partial charge >= 0.3 is 0 Å².